The predicted molar refractivity (Wildman–Crippen MR) is 59.8 cm³/mol. The summed E-state index contributed by atoms with van der Waals surface area (Å²) in [5.74, 6) is 2.46. The van der Waals surface area contributed by atoms with Crippen molar-refractivity contribution in [2.45, 2.75) is 25.4 Å². The van der Waals surface area contributed by atoms with Crippen LogP contribution in [0.2, 0.25) is 0 Å². The summed E-state index contributed by atoms with van der Waals surface area (Å²) in [5, 5.41) is 8.46. The Kier molecular flexibility index (Phi) is 5.71. The van der Waals surface area contributed by atoms with Crippen molar-refractivity contribution < 1.29 is 10.1 Å². The molecule has 0 bridgehead atoms. The molecule has 1 saturated heterocycles. The van der Waals surface area contributed by atoms with Crippen LogP contribution in [-0.4, -0.2) is 22.4 Å². The summed E-state index contributed by atoms with van der Waals surface area (Å²) in [6.07, 6.45) is 6.28. The molecule has 0 aliphatic carbocycles. The van der Waals surface area contributed by atoms with E-state index in [0.29, 0.717) is 5.92 Å². The van der Waals surface area contributed by atoms with Gasteiger partial charge in [0.2, 0.25) is 7.94 Å². The number of rotatable bonds is 3. The van der Waals surface area contributed by atoms with E-state index in [1.165, 1.54) is 0 Å². The summed E-state index contributed by atoms with van der Waals surface area (Å²) in [6.45, 7) is 2.10. The summed E-state index contributed by atoms with van der Waals surface area (Å²) >= 11 is 1.80. The summed E-state index contributed by atoms with van der Waals surface area (Å²) in [4.78, 5) is 14.2. The van der Waals surface area contributed by atoms with E-state index in [1.54, 1.807) is 11.8 Å². The molecule has 0 aromatic heterocycles. The van der Waals surface area contributed by atoms with Gasteiger partial charge in [0.25, 0.3) is 0 Å². The van der Waals surface area contributed by atoms with Crippen LogP contribution >= 0.6 is 19.7 Å². The third-order valence-corrected chi connectivity index (χ3v) is 5.00. The molecule has 3 nitrogen and oxygen atoms in total. The second-order valence-corrected chi connectivity index (χ2v) is 6.00. The fourth-order valence-corrected chi connectivity index (χ4v) is 4.05. The molecule has 3 unspecified atom stereocenters. The van der Waals surface area contributed by atoms with Gasteiger partial charge in [0.15, 0.2) is 0 Å². The number of nitrogens with zero attached hydrogens (tertiary/aromatic N) is 1. The Balaban J connectivity index is 2.47. The van der Waals surface area contributed by atoms with Crippen molar-refractivity contribution in [3.05, 3.63) is 12.2 Å². The zero-order valence-corrected chi connectivity index (χ0v) is 10.0. The summed E-state index contributed by atoms with van der Waals surface area (Å²) in [5.41, 5.74) is 0.0558. The van der Waals surface area contributed by atoms with Gasteiger partial charge in [-0.15, -0.1) is 0 Å². The van der Waals surface area contributed by atoms with Crippen molar-refractivity contribution in [2.24, 2.45) is 10.8 Å². The molecule has 3 atom stereocenters. The Morgan fingerprint density at radius 1 is 1.64 bits per heavy atom. The molecule has 80 valence electrons. The summed E-state index contributed by atoms with van der Waals surface area (Å²) in [6, 6.07) is 0. The fraction of sp³-hybridized carbons (Fsp3) is 0.778. The minimum atomic E-state index is -1.76. The molecule has 0 radical (unpaired) electrons. The molecule has 1 heterocycles. The van der Waals surface area contributed by atoms with Crippen LogP contribution in [0.3, 0.4) is 0 Å². The Morgan fingerprint density at radius 2 is 2.43 bits per heavy atom. The van der Waals surface area contributed by atoms with Crippen LogP contribution < -0.4 is 4.89 Å². The molecule has 0 saturated carbocycles. The van der Waals surface area contributed by atoms with Crippen LogP contribution in [0.1, 0.15) is 19.8 Å². The van der Waals surface area contributed by atoms with Crippen molar-refractivity contribution >= 4 is 19.7 Å². The van der Waals surface area contributed by atoms with Crippen LogP contribution in [0, 0.1) is 5.92 Å². The van der Waals surface area contributed by atoms with Crippen LogP contribution in [0.4, 0.5) is 0 Å². The van der Waals surface area contributed by atoms with Crippen molar-refractivity contribution in [3.63, 3.8) is 0 Å². The van der Waals surface area contributed by atoms with E-state index in [0.717, 1.165) is 24.3 Å². The van der Waals surface area contributed by atoms with Crippen molar-refractivity contribution in [1.82, 2.24) is 0 Å². The molecule has 1 fully saturated rings. The lowest BCUT2D eigenvalue weighted by Gasteiger charge is -2.22. The maximum absolute atomic E-state index is 11.3. The molecule has 0 aromatic carbocycles. The average Bonchev–Trinajstić information content (AvgIpc) is 2.25. The van der Waals surface area contributed by atoms with E-state index in [9.17, 15) is 4.89 Å². The highest BCUT2D eigenvalue weighted by Crippen LogP contribution is 2.36. The molecule has 1 N–H and O–H groups in total. The zero-order chi connectivity index (χ0) is 10.4. The highest BCUT2D eigenvalue weighted by atomic mass is 32.2. The van der Waals surface area contributed by atoms with E-state index < -0.39 is 7.94 Å². The average molecular weight is 233 g/mol. The van der Waals surface area contributed by atoms with Crippen LogP contribution in [0.25, 0.3) is 0 Å². The number of thioether (sulfide) groups is 1. The Labute approximate surface area is 90.1 Å². The van der Waals surface area contributed by atoms with Crippen LogP contribution in [0.5, 0.6) is 0 Å². The van der Waals surface area contributed by atoms with Gasteiger partial charge in [0.1, 0.15) is 5.66 Å². The van der Waals surface area contributed by atoms with Crippen molar-refractivity contribution in [1.29, 1.82) is 0 Å². The SMILES string of the molecule is CC/C=C/C1CSCC([P+]([O-])=NO)C1. The Hall–Kier alpha value is 0.110. The molecule has 5 heteroatoms. The van der Waals surface area contributed by atoms with Gasteiger partial charge in [-0.25, -0.2) is 5.21 Å². The molecule has 0 amide bonds. The first-order valence-corrected chi connectivity index (χ1v) is 7.27. The first-order chi connectivity index (χ1) is 6.77. The summed E-state index contributed by atoms with van der Waals surface area (Å²) in [7, 11) is -1.76. The van der Waals surface area contributed by atoms with Gasteiger partial charge in [-0.05, 0) is 18.1 Å². The first-order valence-electron chi connectivity index (χ1n) is 4.83. The molecule has 14 heavy (non-hydrogen) atoms. The normalized spacial score (nSPS) is 29.8. The first kappa shape index (κ1) is 12.2. The van der Waals surface area contributed by atoms with E-state index >= 15 is 0 Å². The minimum absolute atomic E-state index is 0.0558. The second kappa shape index (κ2) is 6.57. The monoisotopic (exact) mass is 233 g/mol. The fourth-order valence-electron chi connectivity index (χ4n) is 1.53. The Morgan fingerprint density at radius 3 is 3.07 bits per heavy atom. The van der Waals surface area contributed by atoms with E-state index in [4.69, 9.17) is 5.21 Å². The van der Waals surface area contributed by atoms with Gasteiger partial charge >= 0.3 is 0 Å². The Bertz CT molecular complexity index is 233. The van der Waals surface area contributed by atoms with Gasteiger partial charge in [0, 0.05) is 17.1 Å². The second-order valence-electron chi connectivity index (χ2n) is 3.42. The van der Waals surface area contributed by atoms with E-state index in [2.05, 4.69) is 24.0 Å². The minimum Gasteiger partial charge on any atom is -0.610 e. The van der Waals surface area contributed by atoms with Crippen molar-refractivity contribution in [3.8, 4) is 0 Å². The largest absolute Gasteiger partial charge is 0.610 e. The molecule has 0 aromatic rings. The molecule has 1 rings (SSSR count). The summed E-state index contributed by atoms with van der Waals surface area (Å²) < 4.78 is 0. The molecular weight excluding hydrogens is 217 g/mol. The molecule has 1 aliphatic heterocycles. The number of allylic oxidation sites excluding steroid dienone is 2. The van der Waals surface area contributed by atoms with Crippen molar-refractivity contribution in [2.75, 3.05) is 11.5 Å². The lowest BCUT2D eigenvalue weighted by Crippen LogP contribution is -2.22. The zero-order valence-electron chi connectivity index (χ0n) is 8.30. The number of hydrogen-bond donors (Lipinski definition) is 1. The van der Waals surface area contributed by atoms with Crippen LogP contribution in [-0.2, 0) is 0 Å². The quantitative estimate of drug-likeness (QED) is 0.462. The highest BCUT2D eigenvalue weighted by Gasteiger charge is 2.28. The third-order valence-electron chi connectivity index (χ3n) is 2.26. The molecular formula is C9H16NO2PS. The van der Waals surface area contributed by atoms with Gasteiger partial charge in [-0.3, -0.25) is 0 Å². The standard InChI is InChI=1S/C9H16NO2PS/c1-2-3-4-8-5-9(7-14-6-8)13(12)10-11/h3-4,8-9,11H,2,5-7H2,1H3/b4-3+. The van der Waals surface area contributed by atoms with Gasteiger partial charge in [-0.2, -0.15) is 11.8 Å². The predicted octanol–water partition coefficient (Wildman–Crippen LogP) is 2.40. The van der Waals surface area contributed by atoms with Gasteiger partial charge < -0.3 is 4.89 Å². The molecule has 0 spiro atoms. The molecule has 1 aliphatic rings. The maximum atomic E-state index is 11.3. The van der Waals surface area contributed by atoms with Crippen LogP contribution in [0.15, 0.2) is 17.1 Å². The number of hydrogen-bond acceptors (Lipinski definition) is 3. The van der Waals surface area contributed by atoms with Gasteiger partial charge in [0.05, 0.1) is 0 Å². The highest BCUT2D eigenvalue weighted by molar-refractivity contribution is 7.99. The lowest BCUT2D eigenvalue weighted by molar-refractivity contribution is -0.159. The smallest absolute Gasteiger partial charge is 0.205 e. The maximum Gasteiger partial charge on any atom is 0.205 e. The third kappa shape index (κ3) is 3.70. The van der Waals surface area contributed by atoms with E-state index in [-0.39, 0.29) is 5.66 Å². The topological polar surface area (TPSA) is 55.7 Å². The van der Waals surface area contributed by atoms with Gasteiger partial charge in [-0.1, -0.05) is 19.1 Å². The lowest BCUT2D eigenvalue weighted by atomic mass is 10.0. The van der Waals surface area contributed by atoms with E-state index in [1.807, 2.05) is 0 Å².